The zero-order chi connectivity index (χ0) is 16.4. The lowest BCUT2D eigenvalue weighted by Gasteiger charge is -2.30. The molecule has 2 fully saturated rings. The number of carbonyl (C=O) groups is 1. The molecule has 1 amide bonds. The highest BCUT2D eigenvalue weighted by Gasteiger charge is 2.44. The maximum Gasteiger partial charge on any atom is 0.230 e. The maximum atomic E-state index is 13.0. The zero-order valence-corrected chi connectivity index (χ0v) is 13.9. The van der Waals surface area contributed by atoms with Crippen LogP contribution in [0, 0.1) is 5.92 Å². The molecule has 0 unspecified atom stereocenters. The van der Waals surface area contributed by atoms with Gasteiger partial charge in [-0.1, -0.05) is 36.6 Å². The molecule has 4 nitrogen and oxygen atoms in total. The Labute approximate surface area is 141 Å². The number of amides is 1. The third-order valence-corrected chi connectivity index (χ3v) is 5.77. The van der Waals surface area contributed by atoms with Crippen molar-refractivity contribution in [3.8, 4) is 0 Å². The Kier molecular flexibility index (Phi) is 4.95. The number of halogens is 1. The Morgan fingerprint density at radius 3 is 2.43 bits per heavy atom. The molecule has 3 atom stereocenters. The third-order valence-electron chi connectivity index (χ3n) is 5.52. The van der Waals surface area contributed by atoms with Gasteiger partial charge in [-0.2, -0.15) is 0 Å². The van der Waals surface area contributed by atoms with Crippen molar-refractivity contribution in [2.45, 2.75) is 56.1 Å². The van der Waals surface area contributed by atoms with Crippen molar-refractivity contribution >= 4 is 17.5 Å². The first kappa shape index (κ1) is 16.7. The molecule has 3 rings (SSSR count). The van der Waals surface area contributed by atoms with E-state index in [1.54, 1.807) is 0 Å². The van der Waals surface area contributed by atoms with Crippen molar-refractivity contribution in [1.82, 2.24) is 5.32 Å². The van der Waals surface area contributed by atoms with Crippen LogP contribution in [0.1, 0.15) is 44.1 Å². The summed E-state index contributed by atoms with van der Waals surface area (Å²) in [6.07, 6.45) is 4.41. The summed E-state index contributed by atoms with van der Waals surface area (Å²) in [6, 6.07) is 7.52. The second-order valence-corrected chi connectivity index (χ2v) is 7.38. The fourth-order valence-corrected chi connectivity index (χ4v) is 4.26. The van der Waals surface area contributed by atoms with Gasteiger partial charge < -0.3 is 15.5 Å². The summed E-state index contributed by atoms with van der Waals surface area (Å²) >= 11 is 5.98. The predicted octanol–water partition coefficient (Wildman–Crippen LogP) is 2.40. The molecule has 2 aliphatic carbocycles. The summed E-state index contributed by atoms with van der Waals surface area (Å²) in [5.74, 6) is -0.0801. The standard InChI is InChI=1S/C18H24ClNO3/c19-14-5-3-13(4-6-14)18(7-1-2-8-18)17(23)20-15-9-12(11-21)16(22)10-15/h3-6,12,15-16,21-22H,1-2,7-11H2,(H,20,23)/t12-,15-,16-/m0/s1. The summed E-state index contributed by atoms with van der Waals surface area (Å²) in [6.45, 7) is -0.0319. The highest BCUT2D eigenvalue weighted by molar-refractivity contribution is 6.30. The van der Waals surface area contributed by atoms with Gasteiger partial charge in [0.15, 0.2) is 0 Å². The van der Waals surface area contributed by atoms with Crippen LogP contribution >= 0.6 is 11.6 Å². The first-order chi connectivity index (χ1) is 11.0. The second kappa shape index (κ2) is 6.80. The second-order valence-electron chi connectivity index (χ2n) is 6.95. The van der Waals surface area contributed by atoms with Crippen molar-refractivity contribution < 1.29 is 15.0 Å². The molecule has 0 saturated heterocycles. The van der Waals surface area contributed by atoms with Crippen LogP contribution in [0.4, 0.5) is 0 Å². The van der Waals surface area contributed by atoms with Gasteiger partial charge in [-0.3, -0.25) is 4.79 Å². The fourth-order valence-electron chi connectivity index (χ4n) is 4.13. The Balaban J connectivity index is 1.76. The number of aliphatic hydroxyl groups is 2. The molecule has 23 heavy (non-hydrogen) atoms. The summed E-state index contributed by atoms with van der Waals surface area (Å²) in [7, 11) is 0. The lowest BCUT2D eigenvalue weighted by molar-refractivity contribution is -0.127. The Morgan fingerprint density at radius 2 is 1.87 bits per heavy atom. The molecule has 1 aromatic rings. The van der Waals surface area contributed by atoms with Crippen LogP contribution in [0.15, 0.2) is 24.3 Å². The van der Waals surface area contributed by atoms with Crippen LogP contribution < -0.4 is 5.32 Å². The van der Waals surface area contributed by atoms with Gasteiger partial charge in [0, 0.05) is 23.6 Å². The Morgan fingerprint density at radius 1 is 1.22 bits per heavy atom. The molecule has 0 heterocycles. The van der Waals surface area contributed by atoms with E-state index in [4.69, 9.17) is 11.6 Å². The maximum absolute atomic E-state index is 13.0. The molecule has 0 spiro atoms. The molecular weight excluding hydrogens is 314 g/mol. The van der Waals surface area contributed by atoms with E-state index < -0.39 is 11.5 Å². The minimum atomic E-state index is -0.527. The molecule has 0 bridgehead atoms. The molecule has 2 aliphatic rings. The van der Waals surface area contributed by atoms with Crippen molar-refractivity contribution in [1.29, 1.82) is 0 Å². The fraction of sp³-hybridized carbons (Fsp3) is 0.611. The van der Waals surface area contributed by atoms with Crippen molar-refractivity contribution in [2.24, 2.45) is 5.92 Å². The number of aliphatic hydroxyl groups excluding tert-OH is 2. The molecule has 1 aromatic carbocycles. The van der Waals surface area contributed by atoms with Gasteiger partial charge in [-0.05, 0) is 43.4 Å². The van der Waals surface area contributed by atoms with E-state index in [0.29, 0.717) is 17.9 Å². The smallest absolute Gasteiger partial charge is 0.230 e. The number of carbonyl (C=O) groups excluding carboxylic acids is 1. The van der Waals surface area contributed by atoms with Crippen molar-refractivity contribution in [2.75, 3.05) is 6.61 Å². The molecule has 3 N–H and O–H groups in total. The normalized spacial score (nSPS) is 29.6. The molecule has 0 radical (unpaired) electrons. The Hall–Kier alpha value is -1.10. The van der Waals surface area contributed by atoms with Gasteiger partial charge in [0.1, 0.15) is 0 Å². The highest BCUT2D eigenvalue weighted by Crippen LogP contribution is 2.42. The quantitative estimate of drug-likeness (QED) is 0.790. The summed E-state index contributed by atoms with van der Waals surface area (Å²) < 4.78 is 0. The number of hydrogen-bond donors (Lipinski definition) is 3. The monoisotopic (exact) mass is 337 g/mol. The number of rotatable bonds is 4. The summed E-state index contributed by atoms with van der Waals surface area (Å²) in [5, 5.41) is 23.0. The van der Waals surface area contributed by atoms with E-state index in [-0.39, 0.29) is 24.5 Å². The van der Waals surface area contributed by atoms with Gasteiger partial charge in [0.2, 0.25) is 5.91 Å². The molecule has 126 valence electrons. The third kappa shape index (κ3) is 3.25. The highest BCUT2D eigenvalue weighted by atomic mass is 35.5. The van der Waals surface area contributed by atoms with E-state index in [1.807, 2.05) is 24.3 Å². The molecule has 2 saturated carbocycles. The number of benzene rings is 1. The van der Waals surface area contributed by atoms with E-state index in [0.717, 1.165) is 31.2 Å². The first-order valence-electron chi connectivity index (χ1n) is 8.41. The van der Waals surface area contributed by atoms with Crippen LogP contribution in [0.5, 0.6) is 0 Å². The van der Waals surface area contributed by atoms with Crippen molar-refractivity contribution in [3.63, 3.8) is 0 Å². The van der Waals surface area contributed by atoms with Crippen LogP contribution in [0.2, 0.25) is 5.02 Å². The van der Waals surface area contributed by atoms with Crippen LogP contribution in [0.3, 0.4) is 0 Å². The number of hydrogen-bond acceptors (Lipinski definition) is 3. The molecule has 5 heteroatoms. The minimum Gasteiger partial charge on any atom is -0.396 e. The molecule has 0 aromatic heterocycles. The van der Waals surface area contributed by atoms with Crippen molar-refractivity contribution in [3.05, 3.63) is 34.9 Å². The Bertz CT molecular complexity index is 554. The molecule has 0 aliphatic heterocycles. The van der Waals surface area contributed by atoms with E-state index in [1.165, 1.54) is 0 Å². The van der Waals surface area contributed by atoms with E-state index in [9.17, 15) is 15.0 Å². The van der Waals surface area contributed by atoms with Gasteiger partial charge in [0.05, 0.1) is 11.5 Å². The van der Waals surface area contributed by atoms with Gasteiger partial charge in [0.25, 0.3) is 0 Å². The largest absolute Gasteiger partial charge is 0.396 e. The average molecular weight is 338 g/mol. The molecular formula is C18H24ClNO3. The van der Waals surface area contributed by atoms with Gasteiger partial charge in [-0.25, -0.2) is 0 Å². The SMILES string of the molecule is O=C(N[C@H]1C[C@@H](CO)[C@@H](O)C1)C1(c2ccc(Cl)cc2)CCCC1. The topological polar surface area (TPSA) is 69.6 Å². The van der Waals surface area contributed by atoms with Crippen LogP contribution in [-0.2, 0) is 10.2 Å². The predicted molar refractivity (Wildman–Crippen MR) is 89.3 cm³/mol. The van der Waals surface area contributed by atoms with E-state index in [2.05, 4.69) is 5.32 Å². The van der Waals surface area contributed by atoms with Gasteiger partial charge in [-0.15, -0.1) is 0 Å². The average Bonchev–Trinajstić information content (AvgIpc) is 3.15. The van der Waals surface area contributed by atoms with Crippen LogP contribution in [-0.4, -0.2) is 34.9 Å². The lowest BCUT2D eigenvalue weighted by Crippen LogP contribution is -2.46. The van der Waals surface area contributed by atoms with E-state index >= 15 is 0 Å². The minimum absolute atomic E-state index is 0.0319. The summed E-state index contributed by atoms with van der Waals surface area (Å²) in [5.41, 5.74) is 0.543. The lowest BCUT2D eigenvalue weighted by atomic mass is 9.78. The van der Waals surface area contributed by atoms with Crippen LogP contribution in [0.25, 0.3) is 0 Å². The van der Waals surface area contributed by atoms with Gasteiger partial charge >= 0.3 is 0 Å². The first-order valence-corrected chi connectivity index (χ1v) is 8.79. The zero-order valence-electron chi connectivity index (χ0n) is 13.2. The summed E-state index contributed by atoms with van der Waals surface area (Å²) in [4.78, 5) is 13.0. The number of nitrogens with one attached hydrogen (secondary N) is 1.